The number of hydrogen-bond donors (Lipinski definition) is 1. The predicted molar refractivity (Wildman–Crippen MR) is 108 cm³/mol. The number of anilines is 1. The molecule has 1 amide bonds. The molecular formula is C21H22ClN3O2. The van der Waals surface area contributed by atoms with Crippen molar-refractivity contribution in [3.05, 3.63) is 70.9 Å². The number of benzene rings is 2. The van der Waals surface area contributed by atoms with Crippen molar-refractivity contribution in [2.45, 2.75) is 13.3 Å². The second kappa shape index (κ2) is 8.73. The van der Waals surface area contributed by atoms with E-state index in [2.05, 4.69) is 27.5 Å². The molecule has 0 unspecified atom stereocenters. The molecule has 0 saturated carbocycles. The largest absolute Gasteiger partial charge is 0.375 e. The Kier molecular flexibility index (Phi) is 6.14. The first kappa shape index (κ1) is 19.0. The van der Waals surface area contributed by atoms with Crippen LogP contribution >= 0.6 is 11.6 Å². The Hall–Kier alpha value is -2.79. The molecule has 5 nitrogen and oxygen atoms in total. The van der Waals surface area contributed by atoms with Crippen LogP contribution in [0.4, 0.5) is 5.69 Å². The lowest BCUT2D eigenvalue weighted by molar-refractivity contribution is 0.0952. The van der Waals surface area contributed by atoms with Gasteiger partial charge in [-0.3, -0.25) is 4.79 Å². The number of amides is 1. The van der Waals surface area contributed by atoms with E-state index in [1.54, 1.807) is 13.0 Å². The fourth-order valence-corrected chi connectivity index (χ4v) is 3.12. The van der Waals surface area contributed by atoms with Gasteiger partial charge in [-0.15, -0.1) is 0 Å². The Morgan fingerprint density at radius 2 is 1.85 bits per heavy atom. The molecule has 0 fully saturated rings. The first-order chi connectivity index (χ1) is 13.1. The Labute approximate surface area is 163 Å². The van der Waals surface area contributed by atoms with Crippen LogP contribution in [0, 0.1) is 6.92 Å². The summed E-state index contributed by atoms with van der Waals surface area (Å²) in [4.78, 5) is 14.8. The van der Waals surface area contributed by atoms with E-state index < -0.39 is 0 Å². The highest BCUT2D eigenvalue weighted by atomic mass is 35.5. The molecule has 0 aliphatic rings. The van der Waals surface area contributed by atoms with Gasteiger partial charge in [-0.1, -0.05) is 53.2 Å². The van der Waals surface area contributed by atoms with Crippen molar-refractivity contribution >= 4 is 23.2 Å². The van der Waals surface area contributed by atoms with Crippen LogP contribution in [0.1, 0.15) is 22.5 Å². The molecule has 2 aromatic carbocycles. The lowest BCUT2D eigenvalue weighted by atomic mass is 10.1. The molecule has 1 aromatic heterocycles. The third-order valence-electron chi connectivity index (χ3n) is 4.37. The van der Waals surface area contributed by atoms with Crippen LogP contribution in [0.3, 0.4) is 0 Å². The van der Waals surface area contributed by atoms with Crippen LogP contribution in [0.5, 0.6) is 0 Å². The van der Waals surface area contributed by atoms with E-state index in [9.17, 15) is 4.79 Å². The molecule has 0 saturated heterocycles. The Bertz CT molecular complexity index is 909. The Morgan fingerprint density at radius 3 is 2.59 bits per heavy atom. The third-order valence-corrected chi connectivity index (χ3v) is 4.70. The lowest BCUT2D eigenvalue weighted by Gasteiger charge is -2.19. The normalized spacial score (nSPS) is 10.6. The van der Waals surface area contributed by atoms with E-state index in [4.69, 9.17) is 16.1 Å². The Morgan fingerprint density at radius 1 is 1.15 bits per heavy atom. The summed E-state index contributed by atoms with van der Waals surface area (Å²) >= 11 is 6.25. The summed E-state index contributed by atoms with van der Waals surface area (Å²) in [6.07, 6.45) is 0.822. The van der Waals surface area contributed by atoms with Crippen LogP contribution in [-0.2, 0) is 0 Å². The van der Waals surface area contributed by atoms with Crippen molar-refractivity contribution in [3.8, 4) is 11.3 Å². The van der Waals surface area contributed by atoms with Crippen LogP contribution in [0.15, 0.2) is 59.1 Å². The van der Waals surface area contributed by atoms with E-state index in [1.165, 1.54) is 0 Å². The predicted octanol–water partition coefficient (Wildman–Crippen LogP) is 4.56. The number of halogens is 1. The average molecular weight is 384 g/mol. The zero-order chi connectivity index (χ0) is 19.2. The van der Waals surface area contributed by atoms with E-state index in [0.717, 1.165) is 18.7 Å². The number of hydrogen-bond acceptors (Lipinski definition) is 4. The first-order valence-electron chi connectivity index (χ1n) is 8.83. The molecule has 1 heterocycles. The van der Waals surface area contributed by atoms with Gasteiger partial charge in [0.05, 0.1) is 5.02 Å². The number of carbonyl (C=O) groups is 1. The van der Waals surface area contributed by atoms with Gasteiger partial charge >= 0.3 is 0 Å². The van der Waals surface area contributed by atoms with Gasteiger partial charge in [-0.05, 0) is 31.5 Å². The van der Waals surface area contributed by atoms with Crippen LogP contribution in [-0.4, -0.2) is 31.2 Å². The molecule has 3 aromatic rings. The number of para-hydroxylation sites is 1. The molecule has 0 atom stereocenters. The maximum absolute atomic E-state index is 12.7. The molecule has 0 bridgehead atoms. The maximum atomic E-state index is 12.7. The second-order valence-corrected chi connectivity index (χ2v) is 6.72. The summed E-state index contributed by atoms with van der Waals surface area (Å²) in [6.45, 7) is 3.12. The minimum Gasteiger partial charge on any atom is -0.375 e. The molecule has 140 valence electrons. The summed E-state index contributed by atoms with van der Waals surface area (Å²) in [5.74, 6) is 0.273. The molecule has 6 heteroatoms. The highest BCUT2D eigenvalue weighted by Crippen LogP contribution is 2.30. The van der Waals surface area contributed by atoms with Crippen molar-refractivity contribution in [1.29, 1.82) is 0 Å². The van der Waals surface area contributed by atoms with Crippen LogP contribution in [0.25, 0.3) is 11.3 Å². The van der Waals surface area contributed by atoms with E-state index in [0.29, 0.717) is 34.1 Å². The van der Waals surface area contributed by atoms with Crippen molar-refractivity contribution in [2.24, 2.45) is 0 Å². The minimum absolute atomic E-state index is 0.203. The van der Waals surface area contributed by atoms with Crippen molar-refractivity contribution in [1.82, 2.24) is 10.5 Å². The highest BCUT2D eigenvalue weighted by molar-refractivity contribution is 6.33. The summed E-state index contributed by atoms with van der Waals surface area (Å²) in [6, 6.07) is 17.4. The lowest BCUT2D eigenvalue weighted by Crippen LogP contribution is -2.28. The number of rotatable bonds is 7. The average Bonchev–Trinajstić information content (AvgIpc) is 3.07. The summed E-state index contributed by atoms with van der Waals surface area (Å²) in [7, 11) is 2.04. The van der Waals surface area contributed by atoms with Crippen LogP contribution < -0.4 is 10.2 Å². The summed E-state index contributed by atoms with van der Waals surface area (Å²) < 4.78 is 5.25. The molecule has 0 aliphatic heterocycles. The standard InChI is InChI=1S/C21H22ClN3O2/c1-15-19(20(24-27-15)17-11-6-7-12-18(17)22)21(26)23-13-8-14-25(2)16-9-4-3-5-10-16/h3-7,9-12H,8,13-14H2,1-2H3,(H,23,26). The SMILES string of the molecule is Cc1onc(-c2ccccc2Cl)c1C(=O)NCCCN(C)c1ccccc1. The number of aromatic nitrogens is 1. The fraction of sp³-hybridized carbons (Fsp3) is 0.238. The Balaban J connectivity index is 1.61. The van der Waals surface area contributed by atoms with Gasteiger partial charge in [0.15, 0.2) is 0 Å². The molecule has 0 aliphatic carbocycles. The second-order valence-electron chi connectivity index (χ2n) is 6.31. The monoisotopic (exact) mass is 383 g/mol. The zero-order valence-electron chi connectivity index (χ0n) is 15.4. The fourth-order valence-electron chi connectivity index (χ4n) is 2.89. The van der Waals surface area contributed by atoms with Gasteiger partial charge in [-0.2, -0.15) is 0 Å². The molecule has 1 N–H and O–H groups in total. The maximum Gasteiger partial charge on any atom is 0.257 e. The number of aryl methyl sites for hydroxylation is 1. The first-order valence-corrected chi connectivity index (χ1v) is 9.21. The third kappa shape index (κ3) is 4.49. The highest BCUT2D eigenvalue weighted by Gasteiger charge is 2.22. The van der Waals surface area contributed by atoms with Gasteiger partial charge in [0.25, 0.3) is 5.91 Å². The quantitative estimate of drug-likeness (QED) is 0.607. The molecule has 3 rings (SSSR count). The molecule has 27 heavy (non-hydrogen) atoms. The van der Waals surface area contributed by atoms with Crippen molar-refractivity contribution < 1.29 is 9.32 Å². The van der Waals surface area contributed by atoms with Crippen LogP contribution in [0.2, 0.25) is 5.02 Å². The van der Waals surface area contributed by atoms with E-state index in [1.807, 2.05) is 43.4 Å². The van der Waals surface area contributed by atoms with E-state index in [-0.39, 0.29) is 5.91 Å². The van der Waals surface area contributed by atoms with Gasteiger partial charge in [0, 0.05) is 31.4 Å². The molecule has 0 spiro atoms. The number of carbonyl (C=O) groups excluding carboxylic acids is 1. The van der Waals surface area contributed by atoms with Crippen molar-refractivity contribution in [2.75, 3.05) is 25.0 Å². The smallest absolute Gasteiger partial charge is 0.257 e. The summed E-state index contributed by atoms with van der Waals surface area (Å²) in [5.41, 5.74) is 2.74. The molecule has 0 radical (unpaired) electrons. The summed E-state index contributed by atoms with van der Waals surface area (Å²) in [5, 5.41) is 7.52. The zero-order valence-corrected chi connectivity index (χ0v) is 16.2. The number of nitrogens with one attached hydrogen (secondary N) is 1. The van der Waals surface area contributed by atoms with E-state index >= 15 is 0 Å². The van der Waals surface area contributed by atoms with Crippen molar-refractivity contribution in [3.63, 3.8) is 0 Å². The number of nitrogens with zero attached hydrogens (tertiary/aromatic N) is 2. The topological polar surface area (TPSA) is 58.4 Å². The van der Waals surface area contributed by atoms with Gasteiger partial charge in [0.1, 0.15) is 17.0 Å². The van der Waals surface area contributed by atoms with Gasteiger partial charge in [-0.25, -0.2) is 0 Å². The molecular weight excluding hydrogens is 362 g/mol. The van der Waals surface area contributed by atoms with Gasteiger partial charge in [0.2, 0.25) is 0 Å². The van der Waals surface area contributed by atoms with Gasteiger partial charge < -0.3 is 14.7 Å². The minimum atomic E-state index is -0.203.